The molecular weight excluding hydrogens is 524 g/mol. The Labute approximate surface area is 221 Å². The number of nitrogens with two attached hydrogens (primary N) is 1. The van der Waals surface area contributed by atoms with Crippen LogP contribution in [0.1, 0.15) is 29.9 Å². The molecule has 0 saturated carbocycles. The number of likely N-dealkylation sites (tertiary alicyclic amines) is 1. The number of nitrogens with zero attached hydrogens (tertiary/aromatic N) is 4. The summed E-state index contributed by atoms with van der Waals surface area (Å²) in [6.45, 7) is 3.17. The van der Waals surface area contributed by atoms with Gasteiger partial charge in [-0.05, 0) is 43.8 Å². The summed E-state index contributed by atoms with van der Waals surface area (Å²) in [5.41, 5.74) is 6.96. The van der Waals surface area contributed by atoms with Crippen molar-refractivity contribution in [2.24, 2.45) is 5.73 Å². The fourth-order valence-electron chi connectivity index (χ4n) is 4.99. The zero-order chi connectivity index (χ0) is 26.3. The molecule has 0 aliphatic carbocycles. The van der Waals surface area contributed by atoms with Crippen molar-refractivity contribution >= 4 is 57.7 Å². The molecular formula is C24H26ClF2N7O2S. The molecule has 2 aromatic heterocycles. The molecule has 2 atom stereocenters. The highest BCUT2D eigenvalue weighted by Gasteiger charge is 2.44. The van der Waals surface area contributed by atoms with E-state index in [-0.39, 0.29) is 28.2 Å². The summed E-state index contributed by atoms with van der Waals surface area (Å²) in [5.74, 6) is -0.283. The average Bonchev–Trinajstić information content (AvgIpc) is 3.58. The van der Waals surface area contributed by atoms with Gasteiger partial charge in [-0.1, -0.05) is 11.6 Å². The van der Waals surface area contributed by atoms with Crippen molar-refractivity contribution in [1.29, 1.82) is 0 Å². The summed E-state index contributed by atoms with van der Waals surface area (Å²) in [6, 6.07) is 8.11. The van der Waals surface area contributed by atoms with Crippen molar-refractivity contribution in [1.82, 2.24) is 14.9 Å². The van der Waals surface area contributed by atoms with Crippen LogP contribution in [0.5, 0.6) is 5.75 Å². The first kappa shape index (κ1) is 25.4. The van der Waals surface area contributed by atoms with Crippen LogP contribution in [0.4, 0.5) is 37.6 Å². The van der Waals surface area contributed by atoms with E-state index in [1.165, 1.54) is 17.5 Å². The normalized spacial score (nSPS) is 19.2. The smallest absolute Gasteiger partial charge is 0.387 e. The second-order valence-corrected chi connectivity index (χ2v) is 10.5. The SMILES string of the molecule is CC(C)N1C[C@H]2C[C@@H]1CN2c1ccc(Nc2ncc(Cl)c(Nc3ccsc3C(N)=O)n2)c(OC(F)F)c1. The Kier molecular flexibility index (Phi) is 7.06. The maximum atomic E-state index is 13.3. The molecule has 13 heteroatoms. The Morgan fingerprint density at radius 2 is 2.03 bits per heavy atom. The molecule has 2 aliphatic heterocycles. The lowest BCUT2D eigenvalue weighted by Crippen LogP contribution is -2.48. The number of carbonyl (C=O) groups is 1. The van der Waals surface area contributed by atoms with E-state index < -0.39 is 12.5 Å². The van der Waals surface area contributed by atoms with Gasteiger partial charge in [0.05, 0.1) is 17.6 Å². The molecule has 2 saturated heterocycles. The first-order chi connectivity index (χ1) is 17.7. The quantitative estimate of drug-likeness (QED) is 0.340. The molecule has 2 bridgehead atoms. The highest BCUT2D eigenvalue weighted by Crippen LogP contribution is 2.39. The predicted octanol–water partition coefficient (Wildman–Crippen LogP) is 5.05. The lowest BCUT2D eigenvalue weighted by Gasteiger charge is -2.37. The molecule has 1 amide bonds. The minimum absolute atomic E-state index is 0.0158. The number of piperazine rings is 1. The second kappa shape index (κ2) is 10.3. The van der Waals surface area contributed by atoms with E-state index in [9.17, 15) is 13.6 Å². The van der Waals surface area contributed by atoms with E-state index >= 15 is 0 Å². The van der Waals surface area contributed by atoms with Crippen molar-refractivity contribution in [3.63, 3.8) is 0 Å². The van der Waals surface area contributed by atoms with Crippen molar-refractivity contribution in [2.45, 2.75) is 45.0 Å². The monoisotopic (exact) mass is 549 g/mol. The van der Waals surface area contributed by atoms with Gasteiger partial charge in [0.25, 0.3) is 5.91 Å². The molecule has 2 fully saturated rings. The van der Waals surface area contributed by atoms with Crippen LogP contribution >= 0.6 is 22.9 Å². The van der Waals surface area contributed by atoms with Gasteiger partial charge in [-0.3, -0.25) is 9.69 Å². The fraction of sp³-hybridized carbons (Fsp3) is 0.375. The molecule has 0 unspecified atom stereocenters. The van der Waals surface area contributed by atoms with Gasteiger partial charge in [0, 0.05) is 43.0 Å². The van der Waals surface area contributed by atoms with E-state index in [1.807, 2.05) is 6.07 Å². The summed E-state index contributed by atoms with van der Waals surface area (Å²) >= 11 is 7.42. The number of rotatable bonds is 9. The predicted molar refractivity (Wildman–Crippen MR) is 141 cm³/mol. The number of nitrogens with one attached hydrogen (secondary N) is 2. The third-order valence-corrected chi connectivity index (χ3v) is 7.80. The minimum atomic E-state index is -3.00. The van der Waals surface area contributed by atoms with Crippen LogP contribution in [0.3, 0.4) is 0 Å². The Morgan fingerprint density at radius 1 is 1.22 bits per heavy atom. The van der Waals surface area contributed by atoms with Gasteiger partial charge in [0.15, 0.2) is 11.6 Å². The zero-order valence-electron chi connectivity index (χ0n) is 20.1. The Morgan fingerprint density at radius 3 is 2.70 bits per heavy atom. The van der Waals surface area contributed by atoms with Crippen LogP contribution in [0, 0.1) is 0 Å². The van der Waals surface area contributed by atoms with Gasteiger partial charge in [-0.25, -0.2) is 4.98 Å². The summed E-state index contributed by atoms with van der Waals surface area (Å²) in [5, 5.41) is 7.82. The van der Waals surface area contributed by atoms with Crippen LogP contribution in [-0.2, 0) is 0 Å². The minimum Gasteiger partial charge on any atom is -0.433 e. The van der Waals surface area contributed by atoms with Crippen molar-refractivity contribution in [3.8, 4) is 5.75 Å². The lowest BCUT2D eigenvalue weighted by molar-refractivity contribution is -0.0493. The largest absolute Gasteiger partial charge is 0.433 e. The number of ether oxygens (including phenoxy) is 1. The summed E-state index contributed by atoms with van der Waals surface area (Å²) in [7, 11) is 0. The number of aromatic nitrogens is 2. The van der Waals surface area contributed by atoms with Gasteiger partial charge < -0.3 is 26.0 Å². The number of carbonyl (C=O) groups excluding carboxylic acids is 1. The molecule has 1 aromatic carbocycles. The first-order valence-electron chi connectivity index (χ1n) is 11.7. The number of amides is 1. The van der Waals surface area contributed by atoms with Gasteiger partial charge >= 0.3 is 6.61 Å². The van der Waals surface area contributed by atoms with Crippen molar-refractivity contribution in [2.75, 3.05) is 28.6 Å². The molecule has 9 nitrogen and oxygen atoms in total. The van der Waals surface area contributed by atoms with Crippen LogP contribution < -0.4 is 26.0 Å². The maximum absolute atomic E-state index is 13.3. The second-order valence-electron chi connectivity index (χ2n) is 9.21. The number of halogens is 3. The third-order valence-electron chi connectivity index (χ3n) is 6.59. The Bertz CT molecular complexity index is 1310. The number of benzene rings is 1. The molecule has 2 aliphatic rings. The lowest BCUT2D eigenvalue weighted by atomic mass is 10.2. The summed E-state index contributed by atoms with van der Waals surface area (Å²) < 4.78 is 31.5. The van der Waals surface area contributed by atoms with Crippen LogP contribution in [0.25, 0.3) is 0 Å². The van der Waals surface area contributed by atoms with Crippen LogP contribution in [0.15, 0.2) is 35.8 Å². The van der Waals surface area contributed by atoms with E-state index in [0.29, 0.717) is 28.7 Å². The summed E-state index contributed by atoms with van der Waals surface area (Å²) in [6.07, 6.45) is 2.41. The standard InChI is InChI=1S/C24H26ClF2N7O2S/c1-12(2)33-10-15-7-14(33)11-34(15)13-3-4-17(19(8-13)36-23(26)27)31-24-29-9-16(25)22(32-24)30-18-5-6-37-20(18)21(28)35/h3-6,8-9,12,14-15,23H,7,10-11H2,1-2H3,(H2,28,35)(H2,29,30,31,32)/t14-,15-/m1/s1. The zero-order valence-corrected chi connectivity index (χ0v) is 21.7. The van der Waals surface area contributed by atoms with E-state index in [4.69, 9.17) is 22.1 Å². The third kappa shape index (κ3) is 5.27. The first-order valence-corrected chi connectivity index (χ1v) is 13.0. The van der Waals surface area contributed by atoms with E-state index in [0.717, 1.165) is 25.2 Å². The highest BCUT2D eigenvalue weighted by atomic mass is 35.5. The van der Waals surface area contributed by atoms with E-state index in [1.54, 1.807) is 23.6 Å². The number of anilines is 5. The molecule has 37 heavy (non-hydrogen) atoms. The number of alkyl halides is 2. The molecule has 0 radical (unpaired) electrons. The topological polar surface area (TPSA) is 109 Å². The van der Waals surface area contributed by atoms with E-state index in [2.05, 4.69) is 44.2 Å². The van der Waals surface area contributed by atoms with Crippen LogP contribution in [-0.4, -0.2) is 58.6 Å². The average molecular weight is 550 g/mol. The van der Waals surface area contributed by atoms with Crippen molar-refractivity contribution in [3.05, 3.63) is 45.7 Å². The summed E-state index contributed by atoms with van der Waals surface area (Å²) in [4.78, 5) is 25.2. The maximum Gasteiger partial charge on any atom is 0.387 e. The Hall–Kier alpha value is -3.22. The van der Waals surface area contributed by atoms with Crippen LogP contribution in [0.2, 0.25) is 5.02 Å². The number of thiophene rings is 1. The number of hydrogen-bond donors (Lipinski definition) is 3. The van der Waals surface area contributed by atoms with Gasteiger partial charge in [0.2, 0.25) is 5.95 Å². The van der Waals surface area contributed by atoms with Crippen molar-refractivity contribution < 1.29 is 18.3 Å². The van der Waals surface area contributed by atoms with Gasteiger partial charge in [-0.15, -0.1) is 11.3 Å². The number of hydrogen-bond acceptors (Lipinski definition) is 9. The number of primary amides is 1. The molecule has 0 spiro atoms. The molecule has 4 heterocycles. The Balaban J connectivity index is 1.38. The highest BCUT2D eigenvalue weighted by molar-refractivity contribution is 7.12. The molecule has 5 rings (SSSR count). The molecule has 4 N–H and O–H groups in total. The molecule has 3 aromatic rings. The van der Waals surface area contributed by atoms with Gasteiger partial charge in [-0.2, -0.15) is 13.8 Å². The fourth-order valence-corrected chi connectivity index (χ4v) is 5.84. The van der Waals surface area contributed by atoms with Gasteiger partial charge in [0.1, 0.15) is 9.90 Å². The number of fused-ring (bicyclic) bond motifs is 2. The molecule has 196 valence electrons.